The molecular formula is C12H19FN2. The number of hydrogen-bond donors (Lipinski definition) is 2. The molecule has 0 aliphatic heterocycles. The van der Waals surface area contributed by atoms with E-state index in [0.29, 0.717) is 23.3 Å². The summed E-state index contributed by atoms with van der Waals surface area (Å²) in [5, 5.41) is 3.22. The van der Waals surface area contributed by atoms with E-state index in [1.54, 1.807) is 6.07 Å². The number of rotatable bonds is 4. The molecule has 0 aromatic heterocycles. The lowest BCUT2D eigenvalue weighted by Crippen LogP contribution is -2.18. The summed E-state index contributed by atoms with van der Waals surface area (Å²) in [5.41, 5.74) is 7.01. The molecule has 3 heteroatoms. The molecule has 0 fully saturated rings. The van der Waals surface area contributed by atoms with E-state index in [2.05, 4.69) is 26.1 Å². The van der Waals surface area contributed by atoms with Gasteiger partial charge in [0.2, 0.25) is 0 Å². The van der Waals surface area contributed by atoms with E-state index in [4.69, 9.17) is 5.73 Å². The topological polar surface area (TPSA) is 38.0 Å². The minimum atomic E-state index is -0.261. The molecule has 1 aromatic rings. The fourth-order valence-corrected chi connectivity index (χ4v) is 1.68. The van der Waals surface area contributed by atoms with Gasteiger partial charge in [0.25, 0.3) is 0 Å². The highest BCUT2D eigenvalue weighted by atomic mass is 19.1. The number of hydrogen-bond acceptors (Lipinski definition) is 2. The first-order valence-electron chi connectivity index (χ1n) is 5.30. The Hall–Kier alpha value is -1.25. The molecule has 0 aliphatic carbocycles. The third-order valence-electron chi connectivity index (χ3n) is 2.24. The lowest BCUT2D eigenvalue weighted by Gasteiger charge is -2.18. The van der Waals surface area contributed by atoms with Gasteiger partial charge in [-0.2, -0.15) is 0 Å². The largest absolute Gasteiger partial charge is 0.397 e. The van der Waals surface area contributed by atoms with Crippen LogP contribution in [0.2, 0.25) is 0 Å². The number of nitrogens with one attached hydrogen (secondary N) is 1. The van der Waals surface area contributed by atoms with Crippen LogP contribution in [0.1, 0.15) is 27.2 Å². The van der Waals surface area contributed by atoms with Gasteiger partial charge < -0.3 is 11.1 Å². The van der Waals surface area contributed by atoms with Crippen LogP contribution in [0.3, 0.4) is 0 Å². The highest BCUT2D eigenvalue weighted by Gasteiger charge is 2.07. The Kier molecular flexibility index (Phi) is 3.95. The van der Waals surface area contributed by atoms with Gasteiger partial charge in [0.05, 0.1) is 11.4 Å². The van der Waals surface area contributed by atoms with E-state index in [-0.39, 0.29) is 5.82 Å². The number of anilines is 2. The van der Waals surface area contributed by atoms with Gasteiger partial charge in [-0.1, -0.05) is 13.8 Å². The molecule has 0 aliphatic rings. The molecule has 0 bridgehead atoms. The fourth-order valence-electron chi connectivity index (χ4n) is 1.68. The highest BCUT2D eigenvalue weighted by Crippen LogP contribution is 2.21. The van der Waals surface area contributed by atoms with Crippen molar-refractivity contribution >= 4 is 11.4 Å². The van der Waals surface area contributed by atoms with E-state index in [1.807, 2.05) is 0 Å². The Labute approximate surface area is 90.7 Å². The second kappa shape index (κ2) is 5.01. The van der Waals surface area contributed by atoms with Crippen molar-refractivity contribution in [2.75, 3.05) is 11.1 Å². The van der Waals surface area contributed by atoms with Gasteiger partial charge in [-0.05, 0) is 37.5 Å². The Morgan fingerprint density at radius 1 is 1.33 bits per heavy atom. The maximum Gasteiger partial charge on any atom is 0.125 e. The highest BCUT2D eigenvalue weighted by molar-refractivity contribution is 5.66. The molecule has 0 radical (unpaired) electrons. The van der Waals surface area contributed by atoms with Crippen LogP contribution in [0, 0.1) is 11.7 Å². The van der Waals surface area contributed by atoms with Crippen molar-refractivity contribution < 1.29 is 4.39 Å². The van der Waals surface area contributed by atoms with Gasteiger partial charge in [0.15, 0.2) is 0 Å². The maximum absolute atomic E-state index is 13.0. The van der Waals surface area contributed by atoms with Gasteiger partial charge in [0.1, 0.15) is 5.82 Å². The molecule has 2 nitrogen and oxygen atoms in total. The zero-order chi connectivity index (χ0) is 11.4. The van der Waals surface area contributed by atoms with E-state index in [0.717, 1.165) is 6.42 Å². The molecule has 1 rings (SSSR count). The van der Waals surface area contributed by atoms with Crippen molar-refractivity contribution in [1.82, 2.24) is 0 Å². The minimum Gasteiger partial charge on any atom is -0.397 e. The Morgan fingerprint density at radius 2 is 2.00 bits per heavy atom. The Morgan fingerprint density at radius 3 is 2.60 bits per heavy atom. The maximum atomic E-state index is 13.0. The van der Waals surface area contributed by atoms with E-state index in [9.17, 15) is 4.39 Å². The summed E-state index contributed by atoms with van der Waals surface area (Å²) in [6.07, 6.45) is 1.04. The van der Waals surface area contributed by atoms with Crippen LogP contribution in [0.15, 0.2) is 18.2 Å². The number of halogens is 1. The van der Waals surface area contributed by atoms with Gasteiger partial charge in [0, 0.05) is 6.04 Å². The third-order valence-corrected chi connectivity index (χ3v) is 2.24. The molecule has 0 amide bonds. The first-order chi connectivity index (χ1) is 6.99. The smallest absolute Gasteiger partial charge is 0.125 e. The van der Waals surface area contributed by atoms with Crippen LogP contribution in [0.4, 0.5) is 15.8 Å². The summed E-state index contributed by atoms with van der Waals surface area (Å²) in [6.45, 7) is 6.39. The first kappa shape index (κ1) is 11.8. The Bertz CT molecular complexity index is 323. The average molecular weight is 210 g/mol. The van der Waals surface area contributed by atoms with Crippen molar-refractivity contribution in [3.63, 3.8) is 0 Å². The zero-order valence-corrected chi connectivity index (χ0v) is 9.55. The van der Waals surface area contributed by atoms with E-state index >= 15 is 0 Å². The predicted molar refractivity (Wildman–Crippen MR) is 63.4 cm³/mol. The third kappa shape index (κ3) is 3.78. The Balaban J connectivity index is 2.67. The van der Waals surface area contributed by atoms with Crippen LogP contribution in [-0.2, 0) is 0 Å². The molecule has 0 heterocycles. The number of nitrogen functional groups attached to an aromatic ring is 1. The van der Waals surface area contributed by atoms with Crippen molar-refractivity contribution in [2.45, 2.75) is 33.2 Å². The van der Waals surface area contributed by atoms with Crippen LogP contribution in [-0.4, -0.2) is 6.04 Å². The lowest BCUT2D eigenvalue weighted by atomic mass is 10.0. The number of benzene rings is 1. The molecule has 1 atom stereocenters. The summed E-state index contributed by atoms with van der Waals surface area (Å²) in [6, 6.07) is 4.69. The molecule has 0 saturated carbocycles. The second-order valence-corrected chi connectivity index (χ2v) is 4.41. The first-order valence-corrected chi connectivity index (χ1v) is 5.30. The quantitative estimate of drug-likeness (QED) is 0.749. The van der Waals surface area contributed by atoms with Crippen LogP contribution in [0.5, 0.6) is 0 Å². The van der Waals surface area contributed by atoms with Crippen molar-refractivity contribution in [2.24, 2.45) is 5.92 Å². The summed E-state index contributed by atoms with van der Waals surface area (Å²) in [4.78, 5) is 0. The summed E-state index contributed by atoms with van der Waals surface area (Å²) < 4.78 is 13.0. The van der Waals surface area contributed by atoms with Gasteiger partial charge in [-0.25, -0.2) is 4.39 Å². The van der Waals surface area contributed by atoms with Crippen molar-refractivity contribution in [3.05, 3.63) is 24.0 Å². The molecular weight excluding hydrogens is 191 g/mol. The van der Waals surface area contributed by atoms with Crippen molar-refractivity contribution in [1.29, 1.82) is 0 Å². The summed E-state index contributed by atoms with van der Waals surface area (Å²) >= 11 is 0. The molecule has 15 heavy (non-hydrogen) atoms. The number of nitrogens with two attached hydrogens (primary N) is 1. The van der Waals surface area contributed by atoms with E-state index < -0.39 is 0 Å². The van der Waals surface area contributed by atoms with Gasteiger partial charge in [-0.3, -0.25) is 0 Å². The second-order valence-electron chi connectivity index (χ2n) is 4.41. The lowest BCUT2D eigenvalue weighted by molar-refractivity contribution is 0.539. The normalized spacial score (nSPS) is 12.9. The molecule has 1 aromatic carbocycles. The van der Waals surface area contributed by atoms with Crippen LogP contribution in [0.25, 0.3) is 0 Å². The van der Waals surface area contributed by atoms with Gasteiger partial charge in [-0.15, -0.1) is 0 Å². The molecule has 1 unspecified atom stereocenters. The van der Waals surface area contributed by atoms with E-state index in [1.165, 1.54) is 12.1 Å². The van der Waals surface area contributed by atoms with Crippen molar-refractivity contribution in [3.8, 4) is 0 Å². The standard InChI is InChI=1S/C12H19FN2/c1-8(2)6-9(3)15-12-7-10(13)4-5-11(12)14/h4-5,7-9,15H,6,14H2,1-3H3. The molecule has 84 valence electrons. The summed E-state index contributed by atoms with van der Waals surface area (Å²) in [7, 11) is 0. The summed E-state index contributed by atoms with van der Waals surface area (Å²) in [5.74, 6) is 0.353. The monoisotopic (exact) mass is 210 g/mol. The fraction of sp³-hybridized carbons (Fsp3) is 0.500. The zero-order valence-electron chi connectivity index (χ0n) is 9.55. The van der Waals surface area contributed by atoms with Gasteiger partial charge >= 0.3 is 0 Å². The molecule has 3 N–H and O–H groups in total. The SMILES string of the molecule is CC(C)CC(C)Nc1cc(F)ccc1N. The van der Waals surface area contributed by atoms with Crippen LogP contribution >= 0.6 is 0 Å². The average Bonchev–Trinajstić information content (AvgIpc) is 2.10. The predicted octanol–water partition coefficient (Wildman–Crippen LogP) is 3.25. The minimum absolute atomic E-state index is 0.261. The molecule has 0 saturated heterocycles. The van der Waals surface area contributed by atoms with Crippen LogP contribution < -0.4 is 11.1 Å². The molecule has 0 spiro atoms.